The first-order valence-corrected chi connectivity index (χ1v) is 6.23. The highest BCUT2D eigenvalue weighted by molar-refractivity contribution is 5.43. The average molecular weight is 294 g/mol. The third-order valence-corrected chi connectivity index (χ3v) is 3.17. The zero-order chi connectivity index (χ0) is 15.4. The van der Waals surface area contributed by atoms with Gasteiger partial charge in [0, 0.05) is 11.6 Å². The van der Waals surface area contributed by atoms with Crippen molar-refractivity contribution in [2.24, 2.45) is 5.84 Å². The molecule has 0 bridgehead atoms. The van der Waals surface area contributed by atoms with Gasteiger partial charge in [0.05, 0.1) is 20.3 Å². The van der Waals surface area contributed by atoms with Crippen molar-refractivity contribution in [3.63, 3.8) is 0 Å². The Bertz CT molecular complexity index is 613. The van der Waals surface area contributed by atoms with E-state index in [9.17, 15) is 8.78 Å². The molecule has 0 aliphatic heterocycles. The van der Waals surface area contributed by atoms with Crippen molar-refractivity contribution in [3.05, 3.63) is 59.2 Å². The SMILES string of the molecule is COc1cc(OC)cc(C(NN)c2cccc(F)c2F)c1. The van der Waals surface area contributed by atoms with Crippen LogP contribution in [0.15, 0.2) is 36.4 Å². The van der Waals surface area contributed by atoms with Crippen LogP contribution in [0.1, 0.15) is 17.2 Å². The molecule has 6 heteroatoms. The van der Waals surface area contributed by atoms with E-state index in [-0.39, 0.29) is 5.56 Å². The van der Waals surface area contributed by atoms with Gasteiger partial charge in [0.25, 0.3) is 0 Å². The Morgan fingerprint density at radius 3 is 2.19 bits per heavy atom. The highest BCUT2D eigenvalue weighted by Crippen LogP contribution is 2.31. The van der Waals surface area contributed by atoms with Crippen LogP contribution in [-0.2, 0) is 0 Å². The Morgan fingerprint density at radius 1 is 1.05 bits per heavy atom. The average Bonchev–Trinajstić information content (AvgIpc) is 2.51. The van der Waals surface area contributed by atoms with Crippen LogP contribution in [0.2, 0.25) is 0 Å². The first-order valence-electron chi connectivity index (χ1n) is 6.23. The second-order valence-corrected chi connectivity index (χ2v) is 4.39. The number of hydrogen-bond acceptors (Lipinski definition) is 4. The lowest BCUT2D eigenvalue weighted by Crippen LogP contribution is -2.29. The number of hydrogen-bond donors (Lipinski definition) is 2. The van der Waals surface area contributed by atoms with Crippen molar-refractivity contribution in [1.29, 1.82) is 0 Å². The summed E-state index contributed by atoms with van der Waals surface area (Å²) in [5.74, 6) is 4.71. The molecule has 21 heavy (non-hydrogen) atoms. The molecule has 2 aromatic carbocycles. The molecule has 1 atom stereocenters. The zero-order valence-corrected chi connectivity index (χ0v) is 11.7. The molecule has 0 saturated carbocycles. The predicted octanol–water partition coefficient (Wildman–Crippen LogP) is 2.53. The molecule has 0 radical (unpaired) electrons. The summed E-state index contributed by atoms with van der Waals surface area (Å²) in [5.41, 5.74) is 3.19. The molecule has 112 valence electrons. The molecule has 0 spiro atoms. The molecule has 0 aromatic heterocycles. The predicted molar refractivity (Wildman–Crippen MR) is 75.1 cm³/mol. The molecular formula is C15H16F2N2O2. The van der Waals surface area contributed by atoms with Crippen LogP contribution >= 0.6 is 0 Å². The maximum atomic E-state index is 14.0. The lowest BCUT2D eigenvalue weighted by Gasteiger charge is -2.19. The number of halogens is 2. The van der Waals surface area contributed by atoms with Crippen LogP contribution in [0.25, 0.3) is 0 Å². The maximum Gasteiger partial charge on any atom is 0.163 e. The fraction of sp³-hybridized carbons (Fsp3) is 0.200. The third kappa shape index (κ3) is 3.12. The highest BCUT2D eigenvalue weighted by atomic mass is 19.2. The lowest BCUT2D eigenvalue weighted by atomic mass is 9.98. The van der Waals surface area contributed by atoms with Crippen molar-refractivity contribution in [3.8, 4) is 11.5 Å². The number of nitrogens with one attached hydrogen (secondary N) is 1. The normalized spacial score (nSPS) is 12.0. The third-order valence-electron chi connectivity index (χ3n) is 3.17. The van der Waals surface area contributed by atoms with E-state index in [1.165, 1.54) is 26.4 Å². The second kappa shape index (κ2) is 6.51. The van der Waals surface area contributed by atoms with Gasteiger partial charge in [0.1, 0.15) is 11.5 Å². The fourth-order valence-electron chi connectivity index (χ4n) is 2.11. The highest BCUT2D eigenvalue weighted by Gasteiger charge is 2.20. The standard InChI is InChI=1S/C15H16F2N2O2/c1-20-10-6-9(7-11(8-10)21-2)15(19-18)12-4-3-5-13(16)14(12)17/h3-8,15,19H,18H2,1-2H3. The van der Waals surface area contributed by atoms with Gasteiger partial charge in [-0.2, -0.15) is 0 Å². The number of nitrogens with two attached hydrogens (primary N) is 1. The van der Waals surface area contributed by atoms with Gasteiger partial charge in [0.15, 0.2) is 11.6 Å². The Hall–Kier alpha value is -2.18. The van der Waals surface area contributed by atoms with E-state index in [0.29, 0.717) is 17.1 Å². The van der Waals surface area contributed by atoms with E-state index in [1.54, 1.807) is 18.2 Å². The van der Waals surface area contributed by atoms with Crippen LogP contribution in [0, 0.1) is 11.6 Å². The van der Waals surface area contributed by atoms with Gasteiger partial charge in [0.2, 0.25) is 0 Å². The minimum Gasteiger partial charge on any atom is -0.497 e. The molecule has 0 aliphatic carbocycles. The monoisotopic (exact) mass is 294 g/mol. The molecule has 0 amide bonds. The number of hydrazine groups is 1. The van der Waals surface area contributed by atoms with E-state index in [1.807, 2.05) is 0 Å². The Labute approximate surface area is 121 Å². The first-order chi connectivity index (χ1) is 10.1. The zero-order valence-electron chi connectivity index (χ0n) is 11.7. The summed E-state index contributed by atoms with van der Waals surface area (Å²) in [4.78, 5) is 0. The van der Waals surface area contributed by atoms with Gasteiger partial charge < -0.3 is 9.47 Å². The van der Waals surface area contributed by atoms with Gasteiger partial charge in [-0.15, -0.1) is 0 Å². The summed E-state index contributed by atoms with van der Waals surface area (Å²) < 4.78 is 37.7. The molecule has 1 unspecified atom stereocenters. The molecule has 0 saturated heterocycles. The summed E-state index contributed by atoms with van der Waals surface area (Å²) in [7, 11) is 3.01. The van der Waals surface area contributed by atoms with Crippen LogP contribution < -0.4 is 20.7 Å². The topological polar surface area (TPSA) is 56.5 Å². The van der Waals surface area contributed by atoms with Crippen molar-refractivity contribution >= 4 is 0 Å². The van der Waals surface area contributed by atoms with E-state index in [2.05, 4.69) is 5.43 Å². The van der Waals surface area contributed by atoms with Crippen LogP contribution in [0.3, 0.4) is 0 Å². The molecule has 0 fully saturated rings. The van der Waals surface area contributed by atoms with Crippen LogP contribution in [0.4, 0.5) is 8.78 Å². The fourth-order valence-corrected chi connectivity index (χ4v) is 2.11. The van der Waals surface area contributed by atoms with Crippen LogP contribution in [-0.4, -0.2) is 14.2 Å². The largest absolute Gasteiger partial charge is 0.497 e. The van der Waals surface area contributed by atoms with Gasteiger partial charge in [-0.25, -0.2) is 14.2 Å². The summed E-state index contributed by atoms with van der Waals surface area (Å²) in [6.07, 6.45) is 0. The molecule has 0 aliphatic rings. The molecular weight excluding hydrogens is 278 g/mol. The summed E-state index contributed by atoms with van der Waals surface area (Å²) in [5, 5.41) is 0. The molecule has 4 nitrogen and oxygen atoms in total. The quantitative estimate of drug-likeness (QED) is 0.657. The number of methoxy groups -OCH3 is 2. The Morgan fingerprint density at radius 2 is 1.67 bits per heavy atom. The van der Waals surface area contributed by atoms with Crippen molar-refractivity contribution in [1.82, 2.24) is 5.43 Å². The molecule has 2 aromatic rings. The first kappa shape index (κ1) is 15.2. The van der Waals surface area contributed by atoms with E-state index in [4.69, 9.17) is 15.3 Å². The Kier molecular flexibility index (Phi) is 4.72. The van der Waals surface area contributed by atoms with Crippen molar-refractivity contribution in [2.75, 3.05) is 14.2 Å². The smallest absolute Gasteiger partial charge is 0.163 e. The molecule has 3 N–H and O–H groups in total. The Balaban J connectivity index is 2.53. The minimum absolute atomic E-state index is 0.104. The van der Waals surface area contributed by atoms with Crippen LogP contribution in [0.5, 0.6) is 11.5 Å². The van der Waals surface area contributed by atoms with E-state index in [0.717, 1.165) is 6.07 Å². The van der Waals surface area contributed by atoms with Gasteiger partial charge in [-0.1, -0.05) is 12.1 Å². The van der Waals surface area contributed by atoms with E-state index < -0.39 is 17.7 Å². The van der Waals surface area contributed by atoms with E-state index >= 15 is 0 Å². The lowest BCUT2D eigenvalue weighted by molar-refractivity contribution is 0.392. The second-order valence-electron chi connectivity index (χ2n) is 4.39. The number of ether oxygens (including phenoxy) is 2. The minimum atomic E-state index is -0.942. The molecule has 0 heterocycles. The van der Waals surface area contributed by atoms with Crippen molar-refractivity contribution < 1.29 is 18.3 Å². The van der Waals surface area contributed by atoms with Gasteiger partial charge >= 0.3 is 0 Å². The summed E-state index contributed by atoms with van der Waals surface area (Å²) >= 11 is 0. The maximum absolute atomic E-state index is 14.0. The molecule has 2 rings (SSSR count). The summed E-state index contributed by atoms with van der Waals surface area (Å²) in [6, 6.07) is 8.25. The number of rotatable bonds is 5. The number of benzene rings is 2. The van der Waals surface area contributed by atoms with Gasteiger partial charge in [-0.3, -0.25) is 5.84 Å². The van der Waals surface area contributed by atoms with Crippen molar-refractivity contribution in [2.45, 2.75) is 6.04 Å². The van der Waals surface area contributed by atoms with Gasteiger partial charge in [-0.05, 0) is 23.8 Å². The summed E-state index contributed by atoms with van der Waals surface area (Å²) in [6.45, 7) is 0.